The molecular formula is C17H14F3N7O. The van der Waals surface area contributed by atoms with Crippen molar-refractivity contribution in [2.45, 2.75) is 6.43 Å². The fourth-order valence-electron chi connectivity index (χ4n) is 3.21. The number of anilines is 2. The molecular weight excluding hydrogens is 375 g/mol. The average Bonchev–Trinajstić information content (AvgIpc) is 3.25. The second-order valence-corrected chi connectivity index (χ2v) is 6.23. The SMILES string of the molecule is CN(C)c1c(F)c(C(F)F)c(-c2cn3cc(NC=O)nc3cn2)c2cn[nH]c12. The van der Waals surface area contributed by atoms with Gasteiger partial charge in [0.2, 0.25) is 6.41 Å². The van der Waals surface area contributed by atoms with Crippen molar-refractivity contribution < 1.29 is 18.0 Å². The van der Waals surface area contributed by atoms with E-state index in [0.29, 0.717) is 17.4 Å². The van der Waals surface area contributed by atoms with Crippen LogP contribution in [-0.4, -0.2) is 45.1 Å². The van der Waals surface area contributed by atoms with Gasteiger partial charge in [0.15, 0.2) is 17.3 Å². The summed E-state index contributed by atoms with van der Waals surface area (Å²) in [7, 11) is 3.12. The number of aromatic nitrogens is 5. The molecule has 0 aliphatic rings. The number of alkyl halides is 2. The second kappa shape index (κ2) is 6.51. The summed E-state index contributed by atoms with van der Waals surface area (Å²) in [5.41, 5.74) is -0.0161. The predicted octanol–water partition coefficient (Wildman–Crippen LogP) is 2.98. The molecule has 3 aromatic heterocycles. The number of hydrogen-bond acceptors (Lipinski definition) is 5. The fraction of sp³-hybridized carbons (Fsp3) is 0.176. The monoisotopic (exact) mass is 389 g/mol. The molecule has 0 atom stereocenters. The number of nitrogens with one attached hydrogen (secondary N) is 2. The van der Waals surface area contributed by atoms with E-state index in [9.17, 15) is 13.6 Å². The standard InChI is InChI=1S/C17H14F3N7O/c1-26(2)16-14(18)13(17(19)20)12(8-3-23-25-15(8)16)9-5-27-6-10(22-7-28)24-11(27)4-21-9/h3-7,17H,1-2H3,(H,22,28)(H,23,25). The normalized spacial score (nSPS) is 11.5. The first kappa shape index (κ1) is 17.8. The van der Waals surface area contributed by atoms with Gasteiger partial charge < -0.3 is 14.6 Å². The van der Waals surface area contributed by atoms with Crippen molar-refractivity contribution in [3.63, 3.8) is 0 Å². The van der Waals surface area contributed by atoms with Crippen molar-refractivity contribution in [2.24, 2.45) is 0 Å². The molecule has 2 N–H and O–H groups in total. The van der Waals surface area contributed by atoms with E-state index in [-0.39, 0.29) is 28.3 Å². The molecule has 0 unspecified atom stereocenters. The number of fused-ring (bicyclic) bond motifs is 2. The van der Waals surface area contributed by atoms with Gasteiger partial charge in [0, 0.05) is 31.2 Å². The Morgan fingerprint density at radius 3 is 2.75 bits per heavy atom. The van der Waals surface area contributed by atoms with Crippen LogP contribution in [0.15, 0.2) is 24.8 Å². The summed E-state index contributed by atoms with van der Waals surface area (Å²) in [6.07, 6.45) is 3.05. The largest absolute Gasteiger partial charge is 0.374 e. The molecule has 4 aromatic rings. The number of nitrogens with zero attached hydrogens (tertiary/aromatic N) is 5. The third-order valence-corrected chi connectivity index (χ3v) is 4.33. The zero-order valence-electron chi connectivity index (χ0n) is 14.7. The Bertz CT molecular complexity index is 1200. The van der Waals surface area contributed by atoms with Crippen LogP contribution in [0, 0.1) is 5.82 Å². The third kappa shape index (κ3) is 2.63. The van der Waals surface area contributed by atoms with Crippen LogP contribution in [0.3, 0.4) is 0 Å². The van der Waals surface area contributed by atoms with Crippen LogP contribution in [0.25, 0.3) is 27.8 Å². The van der Waals surface area contributed by atoms with Gasteiger partial charge in [0.1, 0.15) is 0 Å². The highest BCUT2D eigenvalue weighted by Gasteiger charge is 2.29. The van der Waals surface area contributed by atoms with E-state index >= 15 is 4.39 Å². The Hall–Kier alpha value is -3.63. The molecule has 11 heteroatoms. The highest BCUT2D eigenvalue weighted by Crippen LogP contribution is 2.42. The van der Waals surface area contributed by atoms with Gasteiger partial charge in [-0.3, -0.25) is 14.9 Å². The fourth-order valence-corrected chi connectivity index (χ4v) is 3.21. The van der Waals surface area contributed by atoms with Gasteiger partial charge >= 0.3 is 0 Å². The molecule has 0 aliphatic carbocycles. The lowest BCUT2D eigenvalue weighted by Gasteiger charge is -2.20. The lowest BCUT2D eigenvalue weighted by atomic mass is 9.98. The van der Waals surface area contributed by atoms with Gasteiger partial charge in [-0.15, -0.1) is 0 Å². The number of halogens is 3. The molecule has 1 amide bonds. The van der Waals surface area contributed by atoms with Crippen molar-refractivity contribution >= 4 is 34.5 Å². The van der Waals surface area contributed by atoms with Gasteiger partial charge in [0.05, 0.1) is 41.1 Å². The number of rotatable bonds is 5. The molecule has 0 aliphatic heterocycles. The van der Waals surface area contributed by atoms with Gasteiger partial charge in [-0.05, 0) is 0 Å². The summed E-state index contributed by atoms with van der Waals surface area (Å²) in [5, 5.41) is 9.29. The van der Waals surface area contributed by atoms with Crippen LogP contribution in [0.1, 0.15) is 12.0 Å². The van der Waals surface area contributed by atoms with Crippen LogP contribution in [0.2, 0.25) is 0 Å². The summed E-state index contributed by atoms with van der Waals surface area (Å²) in [5.74, 6) is -0.770. The lowest BCUT2D eigenvalue weighted by molar-refractivity contribution is -0.105. The Labute approximate surface area is 156 Å². The molecule has 0 saturated carbocycles. The number of carbonyl (C=O) groups is 1. The van der Waals surface area contributed by atoms with Crippen LogP contribution in [0.4, 0.5) is 24.7 Å². The quantitative estimate of drug-likeness (QED) is 0.512. The molecule has 28 heavy (non-hydrogen) atoms. The van der Waals surface area contributed by atoms with E-state index in [4.69, 9.17) is 0 Å². The van der Waals surface area contributed by atoms with E-state index in [2.05, 4.69) is 25.5 Å². The minimum Gasteiger partial charge on any atom is -0.374 e. The minimum atomic E-state index is -3.07. The van der Waals surface area contributed by atoms with Crippen molar-refractivity contribution in [3.8, 4) is 11.3 Å². The number of aromatic amines is 1. The number of imidazole rings is 1. The first-order valence-corrected chi connectivity index (χ1v) is 8.11. The zero-order chi connectivity index (χ0) is 20.0. The maximum absolute atomic E-state index is 15.1. The Balaban J connectivity index is 2.04. The molecule has 0 saturated heterocycles. The van der Waals surface area contributed by atoms with E-state index in [0.717, 1.165) is 0 Å². The summed E-state index contributed by atoms with van der Waals surface area (Å²) in [6, 6.07) is 0. The van der Waals surface area contributed by atoms with E-state index in [1.165, 1.54) is 34.1 Å². The Kier molecular flexibility index (Phi) is 4.13. The summed E-state index contributed by atoms with van der Waals surface area (Å²) in [4.78, 5) is 20.3. The van der Waals surface area contributed by atoms with E-state index < -0.39 is 17.8 Å². The van der Waals surface area contributed by atoms with E-state index in [1.807, 2.05) is 0 Å². The zero-order valence-corrected chi connectivity index (χ0v) is 14.7. The van der Waals surface area contributed by atoms with Crippen LogP contribution in [0.5, 0.6) is 0 Å². The molecule has 0 fully saturated rings. The summed E-state index contributed by atoms with van der Waals surface area (Å²) >= 11 is 0. The smallest absolute Gasteiger partial charge is 0.267 e. The van der Waals surface area contributed by atoms with Crippen molar-refractivity contribution in [1.82, 2.24) is 24.6 Å². The summed E-state index contributed by atoms with van der Waals surface area (Å²) in [6.45, 7) is 0. The maximum atomic E-state index is 15.1. The minimum absolute atomic E-state index is 0.00673. The Morgan fingerprint density at radius 2 is 2.07 bits per heavy atom. The van der Waals surface area contributed by atoms with Crippen molar-refractivity contribution in [3.05, 3.63) is 36.2 Å². The molecule has 0 radical (unpaired) electrons. The Morgan fingerprint density at radius 1 is 1.29 bits per heavy atom. The van der Waals surface area contributed by atoms with Crippen LogP contribution < -0.4 is 10.2 Å². The highest BCUT2D eigenvalue weighted by atomic mass is 19.3. The number of H-pyrrole nitrogens is 1. The predicted molar refractivity (Wildman–Crippen MR) is 97.0 cm³/mol. The molecule has 0 spiro atoms. The highest BCUT2D eigenvalue weighted by molar-refractivity contribution is 6.02. The van der Waals surface area contributed by atoms with Crippen LogP contribution >= 0.6 is 0 Å². The van der Waals surface area contributed by atoms with E-state index in [1.54, 1.807) is 14.1 Å². The van der Waals surface area contributed by atoms with Crippen molar-refractivity contribution in [1.29, 1.82) is 0 Å². The van der Waals surface area contributed by atoms with Gasteiger partial charge in [0.25, 0.3) is 6.43 Å². The molecule has 4 rings (SSSR count). The molecule has 8 nitrogen and oxygen atoms in total. The van der Waals surface area contributed by atoms with Crippen molar-refractivity contribution in [2.75, 3.05) is 24.3 Å². The number of benzene rings is 1. The summed E-state index contributed by atoms with van der Waals surface area (Å²) < 4.78 is 44.4. The second-order valence-electron chi connectivity index (χ2n) is 6.23. The molecule has 3 heterocycles. The average molecular weight is 389 g/mol. The topological polar surface area (TPSA) is 91.2 Å². The lowest BCUT2D eigenvalue weighted by Crippen LogP contribution is -2.14. The molecule has 144 valence electrons. The van der Waals surface area contributed by atoms with Gasteiger partial charge in [-0.1, -0.05) is 0 Å². The van der Waals surface area contributed by atoms with Gasteiger partial charge in [-0.2, -0.15) is 5.10 Å². The van der Waals surface area contributed by atoms with Crippen LogP contribution in [-0.2, 0) is 4.79 Å². The molecule has 0 bridgehead atoms. The number of carbonyl (C=O) groups excluding carboxylic acids is 1. The first-order chi connectivity index (χ1) is 13.4. The number of amides is 1. The first-order valence-electron chi connectivity index (χ1n) is 8.11. The number of hydrogen-bond donors (Lipinski definition) is 2. The molecule has 1 aromatic carbocycles. The maximum Gasteiger partial charge on any atom is 0.267 e. The van der Waals surface area contributed by atoms with Gasteiger partial charge in [-0.25, -0.2) is 18.2 Å². The third-order valence-electron chi connectivity index (χ3n) is 4.33.